The molecule has 2 unspecified atom stereocenters. The number of hydrogen-bond donors (Lipinski definition) is 4. The van der Waals surface area contributed by atoms with Crippen molar-refractivity contribution < 1.29 is 19.5 Å². The minimum atomic E-state index is -0.985. The van der Waals surface area contributed by atoms with Gasteiger partial charge in [0.15, 0.2) is 0 Å². The fourth-order valence-corrected chi connectivity index (χ4v) is 1.62. The molecule has 0 aromatic heterocycles. The van der Waals surface area contributed by atoms with Crippen LogP contribution >= 0.6 is 0 Å². The maximum atomic E-state index is 11.9. The molecule has 0 saturated heterocycles. The van der Waals surface area contributed by atoms with Crippen LogP contribution in [-0.2, 0) is 9.59 Å². The Morgan fingerprint density at radius 2 is 1.52 bits per heavy atom. The molecular formula is C14H27N3O4. The first-order chi connectivity index (χ1) is 9.43. The zero-order valence-electron chi connectivity index (χ0n) is 13.6. The van der Waals surface area contributed by atoms with Crippen LogP contribution in [-0.4, -0.2) is 41.1 Å². The molecule has 0 aromatic rings. The van der Waals surface area contributed by atoms with E-state index in [1.165, 1.54) is 0 Å². The van der Waals surface area contributed by atoms with E-state index in [0.29, 0.717) is 0 Å². The third-order valence-corrected chi connectivity index (χ3v) is 2.90. The SMILES string of the molecule is CC(C)NC(=O)C(C)NC(=O)NC(CC(=O)O)C(C)(C)C. The molecule has 0 radical (unpaired) electrons. The third kappa shape index (κ3) is 8.16. The molecule has 0 rings (SSSR count). The largest absolute Gasteiger partial charge is 0.481 e. The predicted octanol–water partition coefficient (Wildman–Crippen LogP) is 1.09. The van der Waals surface area contributed by atoms with Crippen LogP contribution in [0.3, 0.4) is 0 Å². The highest BCUT2D eigenvalue weighted by molar-refractivity contribution is 5.87. The normalized spacial score (nSPS) is 14.2. The Morgan fingerprint density at radius 3 is 1.90 bits per heavy atom. The van der Waals surface area contributed by atoms with Gasteiger partial charge < -0.3 is 21.1 Å². The lowest BCUT2D eigenvalue weighted by molar-refractivity contribution is -0.138. The van der Waals surface area contributed by atoms with Crippen LogP contribution in [0.15, 0.2) is 0 Å². The molecule has 122 valence electrons. The second-order valence-corrected chi connectivity index (χ2v) is 6.52. The first-order valence-electron chi connectivity index (χ1n) is 7.02. The molecule has 0 aliphatic heterocycles. The predicted molar refractivity (Wildman–Crippen MR) is 79.9 cm³/mol. The van der Waals surface area contributed by atoms with Crippen LogP contribution in [0.2, 0.25) is 0 Å². The highest BCUT2D eigenvalue weighted by atomic mass is 16.4. The average molecular weight is 301 g/mol. The highest BCUT2D eigenvalue weighted by Gasteiger charge is 2.29. The van der Waals surface area contributed by atoms with Gasteiger partial charge in [-0.15, -0.1) is 0 Å². The Kier molecular flexibility index (Phi) is 7.18. The van der Waals surface area contributed by atoms with E-state index in [4.69, 9.17) is 5.11 Å². The van der Waals surface area contributed by atoms with Gasteiger partial charge in [0.2, 0.25) is 5.91 Å². The van der Waals surface area contributed by atoms with Crippen LogP contribution in [0, 0.1) is 5.41 Å². The van der Waals surface area contributed by atoms with Crippen molar-refractivity contribution in [3.05, 3.63) is 0 Å². The Bertz CT molecular complexity index is 388. The fourth-order valence-electron chi connectivity index (χ4n) is 1.62. The van der Waals surface area contributed by atoms with Crippen molar-refractivity contribution in [2.75, 3.05) is 0 Å². The van der Waals surface area contributed by atoms with Crippen molar-refractivity contribution in [3.63, 3.8) is 0 Å². The number of nitrogens with one attached hydrogen (secondary N) is 3. The number of carbonyl (C=O) groups excluding carboxylic acids is 2. The van der Waals surface area contributed by atoms with Crippen molar-refractivity contribution in [1.29, 1.82) is 0 Å². The monoisotopic (exact) mass is 301 g/mol. The Morgan fingerprint density at radius 1 is 1.00 bits per heavy atom. The van der Waals surface area contributed by atoms with Gasteiger partial charge in [0.05, 0.1) is 6.42 Å². The number of carboxylic acids is 1. The molecule has 0 aromatic carbocycles. The van der Waals surface area contributed by atoms with Crippen LogP contribution in [0.4, 0.5) is 4.79 Å². The number of urea groups is 1. The van der Waals surface area contributed by atoms with E-state index in [9.17, 15) is 14.4 Å². The van der Waals surface area contributed by atoms with Crippen LogP contribution in [0.1, 0.15) is 48.0 Å². The Labute approximate surface area is 125 Å². The second-order valence-electron chi connectivity index (χ2n) is 6.52. The summed E-state index contributed by atoms with van der Waals surface area (Å²) in [6.45, 7) is 10.8. The van der Waals surface area contributed by atoms with Crippen LogP contribution in [0.5, 0.6) is 0 Å². The molecule has 0 aliphatic rings. The van der Waals surface area contributed by atoms with E-state index in [0.717, 1.165) is 0 Å². The lowest BCUT2D eigenvalue weighted by atomic mass is 9.85. The van der Waals surface area contributed by atoms with E-state index in [2.05, 4.69) is 16.0 Å². The molecule has 3 amide bonds. The van der Waals surface area contributed by atoms with E-state index in [1.807, 2.05) is 34.6 Å². The van der Waals surface area contributed by atoms with Gasteiger partial charge in [0.1, 0.15) is 6.04 Å². The number of hydrogen-bond acceptors (Lipinski definition) is 3. The molecule has 0 spiro atoms. The summed E-state index contributed by atoms with van der Waals surface area (Å²) in [5.74, 6) is -1.27. The summed E-state index contributed by atoms with van der Waals surface area (Å²) in [4.78, 5) is 34.4. The zero-order chi connectivity index (χ0) is 16.8. The Balaban J connectivity index is 4.57. The van der Waals surface area contributed by atoms with Gasteiger partial charge >= 0.3 is 12.0 Å². The second kappa shape index (κ2) is 7.85. The summed E-state index contributed by atoms with van der Waals surface area (Å²) in [6, 6.07) is -1.80. The van der Waals surface area contributed by atoms with Gasteiger partial charge in [-0.05, 0) is 26.2 Å². The first kappa shape index (κ1) is 19.2. The van der Waals surface area contributed by atoms with Gasteiger partial charge in [0.25, 0.3) is 0 Å². The summed E-state index contributed by atoms with van der Waals surface area (Å²) in [5, 5.41) is 16.7. The molecule has 21 heavy (non-hydrogen) atoms. The van der Waals surface area contributed by atoms with Crippen molar-refractivity contribution in [2.45, 2.75) is 66.1 Å². The van der Waals surface area contributed by atoms with Crippen molar-refractivity contribution in [1.82, 2.24) is 16.0 Å². The van der Waals surface area contributed by atoms with E-state index in [-0.39, 0.29) is 18.4 Å². The number of carbonyl (C=O) groups is 3. The molecule has 0 saturated carbocycles. The molecule has 0 heterocycles. The summed E-state index contributed by atoms with van der Waals surface area (Å²) >= 11 is 0. The summed E-state index contributed by atoms with van der Waals surface area (Å²) in [5.41, 5.74) is -0.404. The lowest BCUT2D eigenvalue weighted by Crippen LogP contribution is -2.54. The number of rotatable bonds is 6. The molecular weight excluding hydrogens is 274 g/mol. The highest BCUT2D eigenvalue weighted by Crippen LogP contribution is 2.21. The van der Waals surface area contributed by atoms with Gasteiger partial charge in [0, 0.05) is 12.1 Å². The molecule has 7 heteroatoms. The lowest BCUT2D eigenvalue weighted by Gasteiger charge is -2.30. The van der Waals surface area contributed by atoms with Crippen molar-refractivity contribution in [2.24, 2.45) is 5.41 Å². The summed E-state index contributed by atoms with van der Waals surface area (Å²) < 4.78 is 0. The molecule has 0 bridgehead atoms. The van der Waals surface area contributed by atoms with Gasteiger partial charge in [-0.2, -0.15) is 0 Å². The van der Waals surface area contributed by atoms with Crippen molar-refractivity contribution >= 4 is 17.9 Å². The van der Waals surface area contributed by atoms with E-state index in [1.54, 1.807) is 6.92 Å². The molecule has 0 fully saturated rings. The zero-order valence-corrected chi connectivity index (χ0v) is 13.6. The smallest absolute Gasteiger partial charge is 0.315 e. The van der Waals surface area contributed by atoms with Gasteiger partial charge in [-0.25, -0.2) is 4.79 Å². The Hall–Kier alpha value is -1.79. The third-order valence-electron chi connectivity index (χ3n) is 2.90. The van der Waals surface area contributed by atoms with Crippen LogP contribution in [0.25, 0.3) is 0 Å². The molecule has 2 atom stereocenters. The van der Waals surface area contributed by atoms with Gasteiger partial charge in [-0.3, -0.25) is 9.59 Å². The topological polar surface area (TPSA) is 108 Å². The fraction of sp³-hybridized carbons (Fsp3) is 0.786. The minimum absolute atomic E-state index is 0.0147. The van der Waals surface area contributed by atoms with E-state index < -0.39 is 29.5 Å². The number of amides is 3. The molecule has 4 N–H and O–H groups in total. The minimum Gasteiger partial charge on any atom is -0.481 e. The van der Waals surface area contributed by atoms with Gasteiger partial charge in [-0.1, -0.05) is 20.8 Å². The summed E-state index contributed by atoms with van der Waals surface area (Å²) in [6.07, 6.45) is -0.177. The maximum absolute atomic E-state index is 11.9. The summed E-state index contributed by atoms with van der Waals surface area (Å²) in [7, 11) is 0. The molecule has 7 nitrogen and oxygen atoms in total. The average Bonchev–Trinajstić information content (AvgIpc) is 2.24. The quantitative estimate of drug-likeness (QED) is 0.589. The molecule has 0 aliphatic carbocycles. The number of carboxylic acid groups (broad SMARTS) is 1. The van der Waals surface area contributed by atoms with Crippen molar-refractivity contribution in [3.8, 4) is 0 Å². The maximum Gasteiger partial charge on any atom is 0.315 e. The van der Waals surface area contributed by atoms with Crippen LogP contribution < -0.4 is 16.0 Å². The standard InChI is InChI=1S/C14H27N3O4/c1-8(2)15-12(20)9(3)16-13(21)17-10(7-11(18)19)14(4,5)6/h8-10H,7H2,1-6H3,(H,15,20)(H,18,19)(H2,16,17,21). The van der Waals surface area contributed by atoms with E-state index >= 15 is 0 Å². The first-order valence-corrected chi connectivity index (χ1v) is 7.02. The number of aliphatic carboxylic acids is 1.